The van der Waals surface area contributed by atoms with E-state index < -0.39 is 17.7 Å². The maximum atomic E-state index is 12.8. The average Bonchev–Trinajstić information content (AvgIpc) is 3.16. The van der Waals surface area contributed by atoms with Crippen molar-refractivity contribution in [1.29, 1.82) is 0 Å². The minimum atomic E-state index is -4.40. The molecule has 0 bridgehead atoms. The summed E-state index contributed by atoms with van der Waals surface area (Å²) in [7, 11) is 0. The first kappa shape index (κ1) is 21.0. The predicted octanol–water partition coefficient (Wildman–Crippen LogP) is 6.43. The molecule has 0 amide bonds. The number of hydrogen-bond donors (Lipinski definition) is 1. The Kier molecular flexibility index (Phi) is 5.73. The highest BCUT2D eigenvalue weighted by atomic mass is 32.2. The predicted molar refractivity (Wildman–Crippen MR) is 112 cm³/mol. The van der Waals surface area contributed by atoms with E-state index >= 15 is 0 Å². The van der Waals surface area contributed by atoms with Gasteiger partial charge >= 0.3 is 12.1 Å². The lowest BCUT2D eigenvalue weighted by Gasteiger charge is -2.06. The largest absolute Gasteiger partial charge is 0.481 e. The molecule has 0 radical (unpaired) electrons. The van der Waals surface area contributed by atoms with Crippen LogP contribution in [0.15, 0.2) is 76.0 Å². The third-order valence-electron chi connectivity index (χ3n) is 4.60. The molecule has 1 heterocycles. The van der Waals surface area contributed by atoms with E-state index in [9.17, 15) is 18.0 Å². The van der Waals surface area contributed by atoms with Gasteiger partial charge in [0, 0.05) is 21.8 Å². The second-order valence-corrected chi connectivity index (χ2v) is 7.91. The fraction of sp³-hybridized carbons (Fsp3) is 0.130. The van der Waals surface area contributed by atoms with Crippen LogP contribution in [-0.2, 0) is 23.1 Å². The van der Waals surface area contributed by atoms with Crippen molar-refractivity contribution in [2.45, 2.75) is 23.2 Å². The lowest BCUT2D eigenvalue weighted by Crippen LogP contribution is -2.03. The molecule has 0 aliphatic rings. The number of aromatic nitrogens is 1. The van der Waals surface area contributed by atoms with Gasteiger partial charge in [0.05, 0.1) is 12.0 Å². The van der Waals surface area contributed by atoms with Gasteiger partial charge in [-0.2, -0.15) is 13.2 Å². The summed E-state index contributed by atoms with van der Waals surface area (Å²) in [5.74, 6) is -0.0656. The van der Waals surface area contributed by atoms with E-state index in [2.05, 4.69) is 4.98 Å². The lowest BCUT2D eigenvalue weighted by atomic mass is 10.1. The van der Waals surface area contributed by atoms with E-state index in [-0.39, 0.29) is 12.3 Å². The van der Waals surface area contributed by atoms with Crippen LogP contribution in [-0.4, -0.2) is 16.1 Å². The maximum Gasteiger partial charge on any atom is 0.416 e. The van der Waals surface area contributed by atoms with Crippen LogP contribution in [0.3, 0.4) is 0 Å². The van der Waals surface area contributed by atoms with Crippen LogP contribution >= 0.6 is 11.8 Å². The van der Waals surface area contributed by atoms with Gasteiger partial charge in [0.15, 0.2) is 5.58 Å². The Bertz CT molecular complexity index is 1230. The number of nitrogens with zero attached hydrogens (tertiary/aromatic N) is 1. The van der Waals surface area contributed by atoms with Crippen molar-refractivity contribution in [2.24, 2.45) is 0 Å². The molecule has 1 aromatic heterocycles. The lowest BCUT2D eigenvalue weighted by molar-refractivity contribution is -0.138. The van der Waals surface area contributed by atoms with Crippen molar-refractivity contribution >= 4 is 28.8 Å². The summed E-state index contributed by atoms with van der Waals surface area (Å²) in [5, 5.41) is 8.95. The average molecular weight is 443 g/mol. The van der Waals surface area contributed by atoms with Crippen LogP contribution in [0.2, 0.25) is 0 Å². The Morgan fingerprint density at radius 3 is 2.48 bits per heavy atom. The molecule has 1 N–H and O–H groups in total. The molecule has 0 unspecified atom stereocenters. The Morgan fingerprint density at radius 1 is 1.03 bits per heavy atom. The zero-order valence-corrected chi connectivity index (χ0v) is 16.8. The quantitative estimate of drug-likeness (QED) is 0.348. The molecular formula is C23H16F3NO3S. The van der Waals surface area contributed by atoms with Crippen LogP contribution in [0, 0.1) is 0 Å². The zero-order chi connectivity index (χ0) is 22.0. The van der Waals surface area contributed by atoms with Gasteiger partial charge in [-0.05, 0) is 48.0 Å². The molecule has 0 aliphatic heterocycles. The molecule has 8 heteroatoms. The number of oxazole rings is 1. The summed E-state index contributed by atoms with van der Waals surface area (Å²) < 4.78 is 44.2. The SMILES string of the molecule is O=C(O)Cc1cccc(SCc2cccc3nc(-c4ccc(C(F)(F)F)cc4)oc23)c1. The van der Waals surface area contributed by atoms with Gasteiger partial charge in [-0.15, -0.1) is 11.8 Å². The molecule has 4 nitrogen and oxygen atoms in total. The summed E-state index contributed by atoms with van der Waals surface area (Å²) >= 11 is 1.53. The van der Waals surface area contributed by atoms with E-state index in [1.54, 1.807) is 12.1 Å². The van der Waals surface area contributed by atoms with Gasteiger partial charge in [0.25, 0.3) is 0 Å². The molecule has 0 aliphatic carbocycles. The third kappa shape index (κ3) is 4.91. The minimum absolute atomic E-state index is 0.0391. The highest BCUT2D eigenvalue weighted by Crippen LogP contribution is 2.33. The van der Waals surface area contributed by atoms with Crippen LogP contribution in [0.25, 0.3) is 22.6 Å². The third-order valence-corrected chi connectivity index (χ3v) is 5.65. The van der Waals surface area contributed by atoms with Crippen molar-refractivity contribution in [3.8, 4) is 11.5 Å². The van der Waals surface area contributed by atoms with Crippen molar-refractivity contribution in [2.75, 3.05) is 0 Å². The van der Waals surface area contributed by atoms with Crippen LogP contribution in [0.4, 0.5) is 13.2 Å². The summed E-state index contributed by atoms with van der Waals surface area (Å²) in [6.07, 6.45) is -4.44. The molecule has 31 heavy (non-hydrogen) atoms. The highest BCUT2D eigenvalue weighted by Gasteiger charge is 2.30. The van der Waals surface area contributed by atoms with Gasteiger partial charge in [-0.1, -0.05) is 24.3 Å². The number of carbonyl (C=O) groups is 1. The van der Waals surface area contributed by atoms with Crippen molar-refractivity contribution in [3.63, 3.8) is 0 Å². The van der Waals surface area contributed by atoms with E-state index in [1.165, 1.54) is 23.9 Å². The number of carboxylic acids is 1. The van der Waals surface area contributed by atoms with E-state index in [4.69, 9.17) is 9.52 Å². The van der Waals surface area contributed by atoms with E-state index in [0.717, 1.165) is 28.2 Å². The number of benzene rings is 3. The van der Waals surface area contributed by atoms with E-state index in [0.29, 0.717) is 22.4 Å². The number of hydrogen-bond acceptors (Lipinski definition) is 4. The molecule has 0 fully saturated rings. The first-order valence-electron chi connectivity index (χ1n) is 9.29. The number of thioether (sulfide) groups is 1. The number of aliphatic carboxylic acids is 1. The first-order chi connectivity index (χ1) is 14.8. The standard InChI is InChI=1S/C23H16F3NO3S/c24-23(25,26)17-9-7-15(8-10-17)22-27-19-6-2-4-16(21(19)30-22)13-31-18-5-1-3-14(11-18)12-20(28)29/h1-11H,12-13H2,(H,28,29). The number of para-hydroxylation sites is 1. The molecule has 0 atom stereocenters. The van der Waals surface area contributed by atoms with Crippen LogP contribution in [0.1, 0.15) is 16.7 Å². The molecule has 0 saturated carbocycles. The summed E-state index contributed by atoms with van der Waals surface area (Å²) in [4.78, 5) is 16.3. The second kappa shape index (κ2) is 8.47. The molecule has 158 valence electrons. The van der Waals surface area contributed by atoms with Gasteiger partial charge in [-0.25, -0.2) is 4.98 Å². The second-order valence-electron chi connectivity index (χ2n) is 6.87. The Labute approximate surface area is 179 Å². The van der Waals surface area contributed by atoms with Gasteiger partial charge in [-0.3, -0.25) is 4.79 Å². The molecular weight excluding hydrogens is 427 g/mol. The maximum absolute atomic E-state index is 12.8. The smallest absolute Gasteiger partial charge is 0.416 e. The van der Waals surface area contributed by atoms with Gasteiger partial charge < -0.3 is 9.52 Å². The van der Waals surface area contributed by atoms with E-state index in [1.807, 2.05) is 30.3 Å². The minimum Gasteiger partial charge on any atom is -0.481 e. The fourth-order valence-electron chi connectivity index (χ4n) is 3.13. The number of fused-ring (bicyclic) bond motifs is 1. The fourth-order valence-corrected chi connectivity index (χ4v) is 4.08. The summed E-state index contributed by atoms with van der Waals surface area (Å²) in [6, 6.07) is 17.6. The number of halogens is 3. The van der Waals surface area contributed by atoms with Crippen molar-refractivity contribution < 1.29 is 27.5 Å². The zero-order valence-electron chi connectivity index (χ0n) is 16.0. The summed E-state index contributed by atoms with van der Waals surface area (Å²) in [5.41, 5.74) is 2.54. The highest BCUT2D eigenvalue weighted by molar-refractivity contribution is 7.98. The Hall–Kier alpha value is -3.26. The molecule has 0 spiro atoms. The number of carboxylic acid groups (broad SMARTS) is 1. The number of alkyl halides is 3. The summed E-state index contributed by atoms with van der Waals surface area (Å²) in [6.45, 7) is 0. The van der Waals surface area contributed by atoms with Crippen LogP contribution < -0.4 is 0 Å². The van der Waals surface area contributed by atoms with Crippen molar-refractivity contribution in [1.82, 2.24) is 4.98 Å². The normalized spacial score (nSPS) is 11.7. The number of rotatable bonds is 6. The molecule has 4 aromatic rings. The first-order valence-corrected chi connectivity index (χ1v) is 10.3. The van der Waals surface area contributed by atoms with Crippen molar-refractivity contribution in [3.05, 3.63) is 83.4 Å². The Balaban J connectivity index is 1.56. The van der Waals surface area contributed by atoms with Crippen LogP contribution in [0.5, 0.6) is 0 Å². The monoisotopic (exact) mass is 443 g/mol. The Morgan fingerprint density at radius 2 is 1.77 bits per heavy atom. The molecule has 3 aromatic carbocycles. The molecule has 4 rings (SSSR count). The molecule has 0 saturated heterocycles. The van der Waals surface area contributed by atoms with Gasteiger partial charge in [0.1, 0.15) is 5.52 Å². The van der Waals surface area contributed by atoms with Gasteiger partial charge in [0.2, 0.25) is 5.89 Å². The topological polar surface area (TPSA) is 63.3 Å².